The Balaban J connectivity index is 2.54. The molecule has 1 amide bonds. The summed E-state index contributed by atoms with van der Waals surface area (Å²) in [6.45, 7) is 4.15. The summed E-state index contributed by atoms with van der Waals surface area (Å²) in [5.41, 5.74) is 0.325. The van der Waals surface area contributed by atoms with Crippen molar-refractivity contribution in [3.63, 3.8) is 0 Å². The highest BCUT2D eigenvalue weighted by molar-refractivity contribution is 6.32. The van der Waals surface area contributed by atoms with Gasteiger partial charge in [0, 0.05) is 12.7 Å². The summed E-state index contributed by atoms with van der Waals surface area (Å²) in [5, 5.41) is 12.5. The van der Waals surface area contributed by atoms with Crippen LogP contribution in [0, 0.1) is 5.92 Å². The van der Waals surface area contributed by atoms with E-state index in [4.69, 9.17) is 11.6 Å². The number of aliphatic hydroxyl groups excluding tert-OH is 1. The smallest absolute Gasteiger partial charge is 0.254 e. The maximum atomic E-state index is 11.7. The molecule has 2 atom stereocenters. The molecule has 1 rings (SSSR count). The Morgan fingerprint density at radius 2 is 2.35 bits per heavy atom. The van der Waals surface area contributed by atoms with E-state index in [0.29, 0.717) is 5.56 Å². The van der Waals surface area contributed by atoms with E-state index in [1.54, 1.807) is 12.1 Å². The topological polar surface area (TPSA) is 62.2 Å². The van der Waals surface area contributed by atoms with Gasteiger partial charge in [0.05, 0.1) is 11.7 Å². The van der Waals surface area contributed by atoms with Crippen molar-refractivity contribution >= 4 is 17.5 Å². The minimum atomic E-state index is -0.542. The fraction of sp³-hybridized carbons (Fsp3) is 0.500. The third kappa shape index (κ3) is 3.98. The lowest BCUT2D eigenvalue weighted by Crippen LogP contribution is -2.35. The third-order valence-electron chi connectivity index (χ3n) is 2.78. The molecule has 1 aromatic heterocycles. The van der Waals surface area contributed by atoms with E-state index in [0.717, 1.165) is 6.42 Å². The van der Waals surface area contributed by atoms with Crippen molar-refractivity contribution < 1.29 is 9.90 Å². The van der Waals surface area contributed by atoms with Crippen LogP contribution in [0.15, 0.2) is 18.3 Å². The van der Waals surface area contributed by atoms with Crippen LogP contribution in [-0.4, -0.2) is 28.6 Å². The molecule has 0 spiro atoms. The Hall–Kier alpha value is -1.13. The van der Waals surface area contributed by atoms with Crippen molar-refractivity contribution in [2.24, 2.45) is 5.92 Å². The van der Waals surface area contributed by atoms with Crippen LogP contribution in [0.4, 0.5) is 0 Å². The largest absolute Gasteiger partial charge is 0.391 e. The number of rotatable bonds is 5. The predicted molar refractivity (Wildman–Crippen MR) is 67.0 cm³/mol. The molecule has 2 N–H and O–H groups in total. The van der Waals surface area contributed by atoms with Crippen LogP contribution >= 0.6 is 11.6 Å². The van der Waals surface area contributed by atoms with Gasteiger partial charge in [-0.3, -0.25) is 4.79 Å². The molecule has 0 aromatic carbocycles. The van der Waals surface area contributed by atoms with E-state index in [2.05, 4.69) is 10.3 Å². The lowest BCUT2D eigenvalue weighted by Gasteiger charge is -2.17. The summed E-state index contributed by atoms with van der Waals surface area (Å²) in [7, 11) is 0. The lowest BCUT2D eigenvalue weighted by atomic mass is 10.0. The first-order valence-electron chi connectivity index (χ1n) is 5.63. The number of nitrogens with one attached hydrogen (secondary N) is 1. The molecule has 5 heteroatoms. The van der Waals surface area contributed by atoms with Gasteiger partial charge in [-0.05, 0) is 18.1 Å². The van der Waals surface area contributed by atoms with Crippen molar-refractivity contribution in [2.45, 2.75) is 26.4 Å². The first-order valence-corrected chi connectivity index (χ1v) is 6.00. The van der Waals surface area contributed by atoms with Gasteiger partial charge >= 0.3 is 0 Å². The first-order chi connectivity index (χ1) is 8.06. The van der Waals surface area contributed by atoms with E-state index in [-0.39, 0.29) is 23.5 Å². The standard InChI is InChI=1S/C12H17ClN2O2/c1-3-8(2)10(16)7-15-12(17)9-5-4-6-14-11(9)13/h4-6,8,10,16H,3,7H2,1-2H3,(H,15,17). The molecule has 0 saturated carbocycles. The fourth-order valence-electron chi connectivity index (χ4n) is 1.32. The molecule has 0 radical (unpaired) electrons. The van der Waals surface area contributed by atoms with E-state index < -0.39 is 6.10 Å². The average Bonchev–Trinajstić information content (AvgIpc) is 2.35. The maximum absolute atomic E-state index is 11.7. The van der Waals surface area contributed by atoms with E-state index in [1.807, 2.05) is 13.8 Å². The van der Waals surface area contributed by atoms with Gasteiger partial charge in [0.1, 0.15) is 5.15 Å². The van der Waals surface area contributed by atoms with Gasteiger partial charge in [0.2, 0.25) is 0 Å². The average molecular weight is 257 g/mol. The van der Waals surface area contributed by atoms with E-state index in [9.17, 15) is 9.90 Å². The monoisotopic (exact) mass is 256 g/mol. The Morgan fingerprint density at radius 3 is 2.94 bits per heavy atom. The summed E-state index contributed by atoms with van der Waals surface area (Å²) in [4.78, 5) is 15.6. The number of carbonyl (C=O) groups excluding carboxylic acids is 1. The molecular formula is C12H17ClN2O2. The van der Waals surface area contributed by atoms with Crippen molar-refractivity contribution in [3.05, 3.63) is 29.0 Å². The number of hydrogen-bond donors (Lipinski definition) is 2. The van der Waals surface area contributed by atoms with Crippen LogP contribution < -0.4 is 5.32 Å². The SMILES string of the molecule is CCC(C)C(O)CNC(=O)c1cccnc1Cl. The van der Waals surface area contributed by atoms with Crippen LogP contribution in [0.3, 0.4) is 0 Å². The fourth-order valence-corrected chi connectivity index (χ4v) is 1.53. The minimum Gasteiger partial charge on any atom is -0.391 e. The Kier molecular flexibility index (Phi) is 5.38. The number of aliphatic hydroxyl groups is 1. The molecule has 17 heavy (non-hydrogen) atoms. The Labute approximate surface area is 106 Å². The number of aromatic nitrogens is 1. The second kappa shape index (κ2) is 6.57. The highest BCUT2D eigenvalue weighted by atomic mass is 35.5. The number of halogens is 1. The van der Waals surface area contributed by atoms with Gasteiger partial charge in [-0.15, -0.1) is 0 Å². The Morgan fingerprint density at radius 1 is 1.65 bits per heavy atom. The number of nitrogens with zero attached hydrogens (tertiary/aromatic N) is 1. The highest BCUT2D eigenvalue weighted by Gasteiger charge is 2.15. The molecular weight excluding hydrogens is 240 g/mol. The zero-order chi connectivity index (χ0) is 12.8. The number of pyridine rings is 1. The summed E-state index contributed by atoms with van der Waals surface area (Å²) in [6, 6.07) is 3.24. The second-order valence-corrected chi connectivity index (χ2v) is 4.36. The minimum absolute atomic E-state index is 0.152. The van der Waals surface area contributed by atoms with E-state index >= 15 is 0 Å². The molecule has 0 bridgehead atoms. The molecule has 0 saturated heterocycles. The molecule has 0 aliphatic heterocycles. The van der Waals surface area contributed by atoms with Crippen LogP contribution in [0.1, 0.15) is 30.6 Å². The Bertz CT molecular complexity index is 385. The van der Waals surface area contributed by atoms with Gasteiger partial charge < -0.3 is 10.4 Å². The van der Waals surface area contributed by atoms with Gasteiger partial charge in [-0.25, -0.2) is 4.98 Å². The summed E-state index contributed by atoms with van der Waals surface area (Å²) in [6.07, 6.45) is 1.84. The molecule has 0 fully saturated rings. The molecule has 2 unspecified atom stereocenters. The van der Waals surface area contributed by atoms with Crippen molar-refractivity contribution in [3.8, 4) is 0 Å². The quantitative estimate of drug-likeness (QED) is 0.791. The highest BCUT2D eigenvalue weighted by Crippen LogP contribution is 2.11. The number of hydrogen-bond acceptors (Lipinski definition) is 3. The van der Waals surface area contributed by atoms with Gasteiger partial charge in [-0.1, -0.05) is 31.9 Å². The third-order valence-corrected chi connectivity index (χ3v) is 3.08. The van der Waals surface area contributed by atoms with Gasteiger partial charge in [0.15, 0.2) is 0 Å². The second-order valence-electron chi connectivity index (χ2n) is 4.00. The van der Waals surface area contributed by atoms with Gasteiger partial charge in [0.25, 0.3) is 5.91 Å². The molecule has 94 valence electrons. The molecule has 0 aliphatic rings. The molecule has 0 aliphatic carbocycles. The van der Waals surface area contributed by atoms with Crippen molar-refractivity contribution in [2.75, 3.05) is 6.54 Å². The van der Waals surface area contributed by atoms with Crippen LogP contribution in [0.2, 0.25) is 5.15 Å². The zero-order valence-electron chi connectivity index (χ0n) is 9.98. The summed E-state index contributed by atoms with van der Waals surface area (Å²) < 4.78 is 0. The van der Waals surface area contributed by atoms with Crippen molar-refractivity contribution in [1.29, 1.82) is 0 Å². The first kappa shape index (κ1) is 13.9. The van der Waals surface area contributed by atoms with E-state index in [1.165, 1.54) is 6.20 Å². The number of carbonyl (C=O) groups is 1. The normalized spacial score (nSPS) is 14.1. The predicted octanol–water partition coefficient (Wildman–Crippen LogP) is 1.87. The van der Waals surface area contributed by atoms with Crippen molar-refractivity contribution in [1.82, 2.24) is 10.3 Å². The van der Waals surface area contributed by atoms with Gasteiger partial charge in [-0.2, -0.15) is 0 Å². The maximum Gasteiger partial charge on any atom is 0.254 e. The van der Waals surface area contributed by atoms with Crippen LogP contribution in [0.5, 0.6) is 0 Å². The zero-order valence-corrected chi connectivity index (χ0v) is 10.7. The molecule has 1 aromatic rings. The lowest BCUT2D eigenvalue weighted by molar-refractivity contribution is 0.0850. The van der Waals surface area contributed by atoms with Crippen LogP contribution in [-0.2, 0) is 0 Å². The number of amides is 1. The summed E-state index contributed by atoms with van der Waals surface area (Å²) in [5.74, 6) is -0.162. The van der Waals surface area contributed by atoms with Crippen LogP contribution in [0.25, 0.3) is 0 Å². The molecule has 4 nitrogen and oxygen atoms in total. The summed E-state index contributed by atoms with van der Waals surface area (Å²) >= 11 is 5.79. The molecule has 1 heterocycles.